The Morgan fingerprint density at radius 3 is 3.09 bits per heavy atom. The molecule has 0 spiro atoms. The molecule has 22 heavy (non-hydrogen) atoms. The number of nitrogens with one attached hydrogen (secondary N) is 2. The fourth-order valence-corrected chi connectivity index (χ4v) is 2.19. The lowest BCUT2D eigenvalue weighted by molar-refractivity contribution is 0.0952. The van der Waals surface area contributed by atoms with Gasteiger partial charge in [-0.2, -0.15) is 5.26 Å². The minimum Gasteiger partial charge on any atom is -0.348 e. The Morgan fingerprint density at radius 2 is 2.27 bits per heavy atom. The topological polar surface area (TPSA) is 81.6 Å². The Kier molecular flexibility index (Phi) is 3.54. The van der Waals surface area contributed by atoms with E-state index in [-0.39, 0.29) is 18.0 Å². The summed E-state index contributed by atoms with van der Waals surface area (Å²) < 4.78 is 13.7. The molecule has 0 aliphatic heterocycles. The van der Waals surface area contributed by atoms with E-state index in [1.807, 2.05) is 6.07 Å². The zero-order valence-electron chi connectivity index (χ0n) is 11.4. The smallest absolute Gasteiger partial charge is 0.253 e. The van der Waals surface area contributed by atoms with E-state index in [2.05, 4.69) is 15.3 Å². The summed E-state index contributed by atoms with van der Waals surface area (Å²) >= 11 is 0. The van der Waals surface area contributed by atoms with Gasteiger partial charge in [0.1, 0.15) is 11.5 Å². The highest BCUT2D eigenvalue weighted by Crippen LogP contribution is 2.16. The molecule has 0 aliphatic carbocycles. The van der Waals surface area contributed by atoms with Gasteiger partial charge in [0.15, 0.2) is 0 Å². The van der Waals surface area contributed by atoms with Crippen molar-refractivity contribution in [2.75, 3.05) is 0 Å². The maximum atomic E-state index is 13.7. The molecule has 3 aromatic rings. The average molecular weight is 294 g/mol. The molecule has 1 amide bonds. The van der Waals surface area contributed by atoms with Crippen LogP contribution in [0.1, 0.15) is 21.5 Å². The molecule has 3 rings (SSSR count). The third-order valence-electron chi connectivity index (χ3n) is 3.31. The molecular formula is C16H11FN4O. The Labute approximate surface area is 125 Å². The van der Waals surface area contributed by atoms with E-state index in [1.165, 1.54) is 18.2 Å². The molecule has 108 valence electrons. The molecule has 0 radical (unpaired) electrons. The van der Waals surface area contributed by atoms with E-state index >= 15 is 0 Å². The van der Waals surface area contributed by atoms with Crippen molar-refractivity contribution < 1.29 is 9.18 Å². The zero-order chi connectivity index (χ0) is 15.5. The fraction of sp³-hybridized carbons (Fsp3) is 0.0625. The number of aromatic nitrogens is 2. The van der Waals surface area contributed by atoms with Crippen LogP contribution in [0, 0.1) is 17.1 Å². The first kappa shape index (κ1) is 13.8. The van der Waals surface area contributed by atoms with Crippen molar-refractivity contribution in [3.63, 3.8) is 0 Å². The number of hydrogen-bond donors (Lipinski definition) is 2. The van der Waals surface area contributed by atoms with Crippen LogP contribution in [0.4, 0.5) is 4.39 Å². The van der Waals surface area contributed by atoms with Gasteiger partial charge < -0.3 is 10.3 Å². The van der Waals surface area contributed by atoms with E-state index in [9.17, 15) is 9.18 Å². The third kappa shape index (κ3) is 2.52. The number of pyridine rings is 1. The van der Waals surface area contributed by atoms with Crippen molar-refractivity contribution in [1.82, 2.24) is 15.3 Å². The van der Waals surface area contributed by atoms with E-state index in [0.717, 1.165) is 0 Å². The lowest BCUT2D eigenvalue weighted by Crippen LogP contribution is -2.23. The summed E-state index contributed by atoms with van der Waals surface area (Å²) in [6, 6.07) is 9.50. The van der Waals surface area contributed by atoms with Gasteiger partial charge in [0.25, 0.3) is 5.91 Å². The summed E-state index contributed by atoms with van der Waals surface area (Å²) in [6.45, 7) is 0.00707. The highest BCUT2D eigenvalue weighted by Gasteiger charge is 2.13. The lowest BCUT2D eigenvalue weighted by Gasteiger charge is -2.06. The fourth-order valence-electron chi connectivity index (χ4n) is 2.19. The molecular weight excluding hydrogens is 283 g/mol. The number of benzene rings is 1. The molecule has 0 unspecified atom stereocenters. The summed E-state index contributed by atoms with van der Waals surface area (Å²) in [5, 5.41) is 12.2. The number of carbonyl (C=O) groups excluding carboxylic acids is 1. The second-order valence-corrected chi connectivity index (χ2v) is 4.70. The molecule has 0 atom stereocenters. The number of amides is 1. The molecule has 5 nitrogen and oxygen atoms in total. The van der Waals surface area contributed by atoms with Crippen LogP contribution in [0.3, 0.4) is 0 Å². The van der Waals surface area contributed by atoms with Gasteiger partial charge in [0, 0.05) is 29.9 Å². The molecule has 1 aromatic carbocycles. The van der Waals surface area contributed by atoms with Crippen molar-refractivity contribution >= 4 is 16.9 Å². The second-order valence-electron chi connectivity index (χ2n) is 4.70. The Hall–Kier alpha value is -3.20. The van der Waals surface area contributed by atoms with Crippen molar-refractivity contribution in [3.05, 3.63) is 65.2 Å². The quantitative estimate of drug-likeness (QED) is 0.778. The van der Waals surface area contributed by atoms with Gasteiger partial charge in [-0.15, -0.1) is 0 Å². The van der Waals surface area contributed by atoms with Crippen LogP contribution in [-0.4, -0.2) is 15.9 Å². The Morgan fingerprint density at radius 1 is 1.41 bits per heavy atom. The highest BCUT2D eigenvalue weighted by atomic mass is 19.1. The number of rotatable bonds is 3. The van der Waals surface area contributed by atoms with Crippen LogP contribution in [0.5, 0.6) is 0 Å². The number of fused-ring (bicyclic) bond motifs is 1. The van der Waals surface area contributed by atoms with Gasteiger partial charge in [-0.25, -0.2) is 9.37 Å². The first-order valence-corrected chi connectivity index (χ1v) is 6.58. The summed E-state index contributed by atoms with van der Waals surface area (Å²) in [4.78, 5) is 19.2. The van der Waals surface area contributed by atoms with E-state index in [4.69, 9.17) is 5.26 Å². The number of H-pyrrole nitrogens is 1. The van der Waals surface area contributed by atoms with Gasteiger partial charge in [0.2, 0.25) is 0 Å². The van der Waals surface area contributed by atoms with E-state index in [0.29, 0.717) is 22.2 Å². The normalized spacial score (nSPS) is 10.4. The summed E-state index contributed by atoms with van der Waals surface area (Å²) in [6.07, 6.45) is 3.19. The largest absolute Gasteiger partial charge is 0.348 e. The SMILES string of the molecule is N#Cc1ccc(F)c(CNC(=O)c2c[nH]c3ncccc23)c1. The van der Waals surface area contributed by atoms with Crippen molar-refractivity contribution in [1.29, 1.82) is 5.26 Å². The van der Waals surface area contributed by atoms with Gasteiger partial charge in [0.05, 0.1) is 17.2 Å². The molecule has 2 heterocycles. The minimum absolute atomic E-state index is 0.00707. The number of aromatic amines is 1. The second kappa shape index (κ2) is 5.66. The molecule has 6 heteroatoms. The van der Waals surface area contributed by atoms with Crippen molar-refractivity contribution in [3.8, 4) is 6.07 Å². The Balaban J connectivity index is 1.80. The van der Waals surface area contributed by atoms with Crippen molar-refractivity contribution in [2.24, 2.45) is 0 Å². The Bertz CT molecular complexity index is 895. The maximum Gasteiger partial charge on any atom is 0.253 e. The van der Waals surface area contributed by atoms with Crippen LogP contribution in [0.15, 0.2) is 42.7 Å². The van der Waals surface area contributed by atoms with Crippen LogP contribution in [-0.2, 0) is 6.54 Å². The maximum absolute atomic E-state index is 13.7. The van der Waals surface area contributed by atoms with Crippen LogP contribution in [0.2, 0.25) is 0 Å². The first-order valence-electron chi connectivity index (χ1n) is 6.58. The monoisotopic (exact) mass is 294 g/mol. The zero-order valence-corrected chi connectivity index (χ0v) is 11.4. The van der Waals surface area contributed by atoms with E-state index in [1.54, 1.807) is 24.5 Å². The average Bonchev–Trinajstić information content (AvgIpc) is 2.98. The predicted octanol–water partition coefficient (Wildman–Crippen LogP) is 2.50. The lowest BCUT2D eigenvalue weighted by atomic mass is 10.1. The highest BCUT2D eigenvalue weighted by molar-refractivity contribution is 6.05. The molecule has 2 aromatic heterocycles. The molecule has 2 N–H and O–H groups in total. The van der Waals surface area contributed by atoms with Crippen LogP contribution in [0.25, 0.3) is 11.0 Å². The number of hydrogen-bond acceptors (Lipinski definition) is 3. The molecule has 0 saturated carbocycles. The number of nitrogens with zero attached hydrogens (tertiary/aromatic N) is 2. The van der Waals surface area contributed by atoms with Gasteiger partial charge in [-0.05, 0) is 30.3 Å². The molecule has 0 aliphatic rings. The number of nitriles is 1. The third-order valence-corrected chi connectivity index (χ3v) is 3.31. The summed E-state index contributed by atoms with van der Waals surface area (Å²) in [7, 11) is 0. The minimum atomic E-state index is -0.458. The summed E-state index contributed by atoms with van der Waals surface area (Å²) in [5.41, 5.74) is 1.68. The van der Waals surface area contributed by atoms with Crippen molar-refractivity contribution in [2.45, 2.75) is 6.54 Å². The standard InChI is InChI=1S/C16H11FN4O/c17-14-4-3-10(7-18)6-11(14)8-21-16(22)13-9-20-15-12(13)2-1-5-19-15/h1-6,9H,8H2,(H,19,20)(H,21,22). The molecule has 0 fully saturated rings. The molecule has 0 bridgehead atoms. The van der Waals surface area contributed by atoms with Crippen LogP contribution < -0.4 is 5.32 Å². The van der Waals surface area contributed by atoms with Crippen LogP contribution >= 0.6 is 0 Å². The molecule has 0 saturated heterocycles. The first-order chi connectivity index (χ1) is 10.7. The van der Waals surface area contributed by atoms with Gasteiger partial charge >= 0.3 is 0 Å². The number of carbonyl (C=O) groups is 1. The van der Waals surface area contributed by atoms with Gasteiger partial charge in [-0.1, -0.05) is 0 Å². The predicted molar refractivity (Wildman–Crippen MR) is 78.4 cm³/mol. The summed E-state index contributed by atoms with van der Waals surface area (Å²) in [5.74, 6) is -0.791. The van der Waals surface area contributed by atoms with E-state index < -0.39 is 5.82 Å². The number of halogens is 1. The van der Waals surface area contributed by atoms with Gasteiger partial charge in [-0.3, -0.25) is 4.79 Å².